The van der Waals surface area contributed by atoms with Crippen molar-refractivity contribution in [3.05, 3.63) is 93.3 Å². The molecule has 1 heterocycles. The van der Waals surface area contributed by atoms with Gasteiger partial charge in [-0.3, -0.25) is 9.59 Å². The number of nitrogens with zero attached hydrogens (tertiary/aromatic N) is 1. The molecule has 2 N–H and O–H groups in total. The second kappa shape index (κ2) is 11.5. The fourth-order valence-corrected chi connectivity index (χ4v) is 5.05. The van der Waals surface area contributed by atoms with E-state index >= 15 is 0 Å². The maximum absolute atomic E-state index is 12.7. The fraction of sp³-hybridized carbons (Fsp3) is 0.214. The molecule has 0 bridgehead atoms. The van der Waals surface area contributed by atoms with E-state index in [0.29, 0.717) is 27.7 Å². The van der Waals surface area contributed by atoms with Crippen LogP contribution in [0.4, 0.5) is 11.4 Å². The van der Waals surface area contributed by atoms with Crippen LogP contribution in [0.3, 0.4) is 0 Å². The van der Waals surface area contributed by atoms with Gasteiger partial charge in [-0.1, -0.05) is 47.6 Å². The average molecular weight is 506 g/mol. The van der Waals surface area contributed by atoms with Crippen molar-refractivity contribution in [2.45, 2.75) is 25.2 Å². The maximum Gasteiger partial charge on any atom is 0.262 e. The van der Waals surface area contributed by atoms with Gasteiger partial charge >= 0.3 is 0 Å². The maximum atomic E-state index is 12.7. The van der Waals surface area contributed by atoms with Crippen molar-refractivity contribution in [1.82, 2.24) is 5.32 Å². The molecule has 1 aliphatic rings. The molecule has 3 aromatic carbocycles. The standard InChI is InChI=1S/C28H28ClN3O2S/c1-3-32(23-10-4-7-19(2)15-23)14-6-13-30-27(33)21-11-12-25-24(18-21)31-28(34)26(35-25)17-20-8-5-9-22(29)16-20/h4-5,7-12,15-18H,3,6,13-14H2,1-2H3,(H,30,33)(H,31,34). The first-order valence-corrected chi connectivity index (χ1v) is 12.8. The number of carbonyl (C=O) groups excluding carboxylic acids is 2. The average Bonchev–Trinajstić information content (AvgIpc) is 2.84. The van der Waals surface area contributed by atoms with Crippen molar-refractivity contribution < 1.29 is 9.59 Å². The van der Waals surface area contributed by atoms with Crippen molar-refractivity contribution in [3.63, 3.8) is 0 Å². The van der Waals surface area contributed by atoms with E-state index in [1.54, 1.807) is 18.2 Å². The third-order valence-corrected chi connectivity index (χ3v) is 7.05. The number of thioether (sulfide) groups is 1. The van der Waals surface area contributed by atoms with E-state index in [4.69, 9.17) is 11.6 Å². The van der Waals surface area contributed by atoms with Gasteiger partial charge in [-0.25, -0.2) is 0 Å². The molecule has 180 valence electrons. The van der Waals surface area contributed by atoms with Gasteiger partial charge in [-0.15, -0.1) is 0 Å². The van der Waals surface area contributed by atoms with Crippen LogP contribution >= 0.6 is 23.4 Å². The molecule has 0 spiro atoms. The first kappa shape index (κ1) is 24.9. The summed E-state index contributed by atoms with van der Waals surface area (Å²) >= 11 is 7.43. The molecule has 0 aliphatic carbocycles. The minimum absolute atomic E-state index is 0.147. The Hall–Kier alpha value is -3.22. The molecule has 2 amide bonds. The first-order valence-electron chi connectivity index (χ1n) is 11.6. The number of benzene rings is 3. The van der Waals surface area contributed by atoms with E-state index in [2.05, 4.69) is 53.6 Å². The fourth-order valence-electron chi connectivity index (χ4n) is 3.92. The summed E-state index contributed by atoms with van der Waals surface area (Å²) in [6.07, 6.45) is 2.65. The molecule has 0 saturated carbocycles. The molecule has 35 heavy (non-hydrogen) atoms. The molecular formula is C28H28ClN3O2S. The van der Waals surface area contributed by atoms with Crippen LogP contribution in [0.2, 0.25) is 5.02 Å². The number of amides is 2. The molecular weight excluding hydrogens is 478 g/mol. The van der Waals surface area contributed by atoms with Crippen molar-refractivity contribution in [1.29, 1.82) is 0 Å². The zero-order valence-corrected chi connectivity index (χ0v) is 21.4. The van der Waals surface area contributed by atoms with E-state index in [1.807, 2.05) is 30.3 Å². The van der Waals surface area contributed by atoms with Crippen molar-refractivity contribution in [2.75, 3.05) is 29.9 Å². The highest BCUT2D eigenvalue weighted by Gasteiger charge is 2.22. The highest BCUT2D eigenvalue weighted by Crippen LogP contribution is 2.39. The molecule has 4 rings (SSSR count). The summed E-state index contributed by atoms with van der Waals surface area (Å²) in [7, 11) is 0. The molecule has 0 fully saturated rings. The number of anilines is 2. The van der Waals surface area contributed by atoms with Gasteiger partial charge in [0.15, 0.2) is 0 Å². The second-order valence-corrected chi connectivity index (χ2v) is 9.88. The predicted molar refractivity (Wildman–Crippen MR) is 146 cm³/mol. The topological polar surface area (TPSA) is 61.4 Å². The Kier molecular flexibility index (Phi) is 8.16. The van der Waals surface area contributed by atoms with Gasteiger partial charge in [0.1, 0.15) is 0 Å². The van der Waals surface area contributed by atoms with Crippen LogP contribution in [0, 0.1) is 6.92 Å². The van der Waals surface area contributed by atoms with E-state index in [9.17, 15) is 9.59 Å². The third-order valence-electron chi connectivity index (χ3n) is 5.72. The predicted octanol–water partition coefficient (Wildman–Crippen LogP) is 6.38. The van der Waals surface area contributed by atoms with Crippen LogP contribution in [0.5, 0.6) is 0 Å². The van der Waals surface area contributed by atoms with Gasteiger partial charge in [0.25, 0.3) is 11.8 Å². The SMILES string of the molecule is CCN(CCCNC(=O)c1ccc2c(c1)NC(=O)C(=Cc1cccc(Cl)c1)S2)c1cccc(C)c1. The van der Waals surface area contributed by atoms with Gasteiger partial charge in [0.05, 0.1) is 10.6 Å². The minimum Gasteiger partial charge on any atom is -0.372 e. The van der Waals surface area contributed by atoms with E-state index in [-0.39, 0.29) is 11.8 Å². The lowest BCUT2D eigenvalue weighted by Gasteiger charge is -2.23. The van der Waals surface area contributed by atoms with Crippen molar-refractivity contribution >= 4 is 52.6 Å². The Morgan fingerprint density at radius 1 is 1.11 bits per heavy atom. The normalized spacial score (nSPS) is 13.8. The van der Waals surface area contributed by atoms with Gasteiger partial charge in [0.2, 0.25) is 0 Å². The molecule has 7 heteroatoms. The summed E-state index contributed by atoms with van der Waals surface area (Å²) in [5.41, 5.74) is 4.47. The highest BCUT2D eigenvalue weighted by molar-refractivity contribution is 8.04. The van der Waals surface area contributed by atoms with Crippen molar-refractivity contribution in [3.8, 4) is 0 Å². The zero-order valence-electron chi connectivity index (χ0n) is 19.8. The molecule has 1 aliphatic heterocycles. The van der Waals surface area contributed by atoms with E-state index in [1.165, 1.54) is 23.0 Å². The smallest absolute Gasteiger partial charge is 0.262 e. The lowest BCUT2D eigenvalue weighted by atomic mass is 10.1. The summed E-state index contributed by atoms with van der Waals surface area (Å²) in [5.74, 6) is -0.346. The van der Waals surface area contributed by atoms with E-state index < -0.39 is 0 Å². The van der Waals surface area contributed by atoms with Crippen LogP contribution in [0.25, 0.3) is 6.08 Å². The summed E-state index contributed by atoms with van der Waals surface area (Å²) < 4.78 is 0. The molecule has 3 aromatic rings. The number of halogens is 1. The molecule has 0 radical (unpaired) electrons. The quantitative estimate of drug-likeness (QED) is 0.275. The monoisotopic (exact) mass is 505 g/mol. The number of hydrogen-bond donors (Lipinski definition) is 2. The Morgan fingerprint density at radius 3 is 2.71 bits per heavy atom. The summed E-state index contributed by atoms with van der Waals surface area (Å²) in [4.78, 5) is 29.1. The Morgan fingerprint density at radius 2 is 1.94 bits per heavy atom. The van der Waals surface area contributed by atoms with Gasteiger partial charge in [-0.05, 0) is 79.9 Å². The van der Waals surface area contributed by atoms with Crippen LogP contribution in [-0.2, 0) is 4.79 Å². The number of fused-ring (bicyclic) bond motifs is 1. The number of aryl methyl sites for hydroxylation is 1. The van der Waals surface area contributed by atoms with Crippen LogP contribution < -0.4 is 15.5 Å². The summed E-state index contributed by atoms with van der Waals surface area (Å²) in [6.45, 7) is 6.57. The number of hydrogen-bond acceptors (Lipinski definition) is 4. The van der Waals surface area contributed by atoms with Crippen molar-refractivity contribution in [2.24, 2.45) is 0 Å². The second-order valence-electron chi connectivity index (χ2n) is 8.36. The minimum atomic E-state index is -0.198. The molecule has 0 unspecified atom stereocenters. The number of rotatable bonds is 8. The van der Waals surface area contributed by atoms with Gasteiger partial charge < -0.3 is 15.5 Å². The van der Waals surface area contributed by atoms with Gasteiger partial charge in [0, 0.05) is 40.8 Å². The number of nitrogens with one attached hydrogen (secondary N) is 2. The Balaban J connectivity index is 1.34. The lowest BCUT2D eigenvalue weighted by Crippen LogP contribution is -2.30. The molecule has 0 aromatic heterocycles. The molecule has 0 saturated heterocycles. The first-order chi connectivity index (χ1) is 16.9. The van der Waals surface area contributed by atoms with Crippen LogP contribution in [-0.4, -0.2) is 31.4 Å². The number of carbonyl (C=O) groups is 2. The Labute approximate surface area is 215 Å². The highest BCUT2D eigenvalue weighted by atomic mass is 35.5. The van der Waals surface area contributed by atoms with Gasteiger partial charge in [-0.2, -0.15) is 0 Å². The summed E-state index contributed by atoms with van der Waals surface area (Å²) in [6, 6.07) is 21.2. The Bertz CT molecular complexity index is 1270. The lowest BCUT2D eigenvalue weighted by molar-refractivity contribution is -0.112. The third kappa shape index (κ3) is 6.47. The molecule has 5 nitrogen and oxygen atoms in total. The largest absolute Gasteiger partial charge is 0.372 e. The summed E-state index contributed by atoms with van der Waals surface area (Å²) in [5, 5.41) is 6.52. The molecule has 0 atom stereocenters. The zero-order chi connectivity index (χ0) is 24.8. The van der Waals surface area contributed by atoms with Crippen LogP contribution in [0.15, 0.2) is 76.5 Å². The van der Waals surface area contributed by atoms with E-state index in [0.717, 1.165) is 30.0 Å². The van der Waals surface area contributed by atoms with Crippen LogP contribution in [0.1, 0.15) is 34.8 Å².